The van der Waals surface area contributed by atoms with Crippen molar-refractivity contribution >= 4 is 12.0 Å². The predicted octanol–water partition coefficient (Wildman–Crippen LogP) is 3.14. The van der Waals surface area contributed by atoms with Crippen LogP contribution in [0.3, 0.4) is 0 Å². The zero-order valence-electron chi connectivity index (χ0n) is 9.60. The number of hydrogen-bond donors (Lipinski definition) is 1. The molecule has 2 heteroatoms. The second-order valence-electron chi connectivity index (χ2n) is 4.13. The highest BCUT2D eigenvalue weighted by Gasteiger charge is 1.96. The van der Waals surface area contributed by atoms with Gasteiger partial charge in [-0.1, -0.05) is 38.1 Å². The molecule has 16 heavy (non-hydrogen) atoms. The van der Waals surface area contributed by atoms with Gasteiger partial charge in [-0.15, -0.1) is 5.73 Å². The van der Waals surface area contributed by atoms with Crippen LogP contribution >= 0.6 is 0 Å². The summed E-state index contributed by atoms with van der Waals surface area (Å²) in [5.41, 5.74) is 4.88. The maximum Gasteiger partial charge on any atom is 0.336 e. The van der Waals surface area contributed by atoms with Gasteiger partial charge in [-0.25, -0.2) is 4.79 Å². The van der Waals surface area contributed by atoms with E-state index >= 15 is 0 Å². The van der Waals surface area contributed by atoms with E-state index in [1.165, 1.54) is 5.56 Å². The molecule has 0 saturated heterocycles. The molecule has 0 bridgehead atoms. The van der Waals surface area contributed by atoms with E-state index in [9.17, 15) is 4.79 Å². The van der Waals surface area contributed by atoms with Gasteiger partial charge >= 0.3 is 5.97 Å². The molecule has 0 aromatic heterocycles. The Labute approximate surface area is 95.9 Å². The summed E-state index contributed by atoms with van der Waals surface area (Å²) in [6.07, 6.45) is 3.73. The molecule has 1 aromatic carbocycles. The Bertz CT molecular complexity index is 407. The molecule has 0 aliphatic rings. The second-order valence-corrected chi connectivity index (χ2v) is 4.13. The van der Waals surface area contributed by atoms with Gasteiger partial charge in [-0.3, -0.25) is 0 Å². The summed E-state index contributed by atoms with van der Waals surface area (Å²) in [5, 5.41) is 8.40. The third kappa shape index (κ3) is 4.63. The Morgan fingerprint density at radius 2 is 2.00 bits per heavy atom. The minimum absolute atomic E-state index is 0.647. The number of carboxylic acids is 1. The first-order valence-electron chi connectivity index (χ1n) is 5.32. The van der Waals surface area contributed by atoms with E-state index in [-0.39, 0.29) is 0 Å². The zero-order chi connectivity index (χ0) is 12.0. The molecular weight excluding hydrogens is 200 g/mol. The Morgan fingerprint density at radius 3 is 2.50 bits per heavy atom. The number of hydrogen-bond acceptors (Lipinski definition) is 1. The standard InChI is InChI=1S/C14H16O2/c1-11(2)10-13-8-6-12(7-9-13)4-3-5-14(15)16/h4-9,11H,10H2,1-2H3,(H,15,16). The predicted molar refractivity (Wildman–Crippen MR) is 65.2 cm³/mol. The normalized spacial score (nSPS) is 9.69. The fourth-order valence-electron chi connectivity index (χ4n) is 1.43. The van der Waals surface area contributed by atoms with Gasteiger partial charge in [0.15, 0.2) is 0 Å². The topological polar surface area (TPSA) is 37.3 Å². The monoisotopic (exact) mass is 216 g/mol. The molecule has 0 spiro atoms. The summed E-state index contributed by atoms with van der Waals surface area (Å²) in [6, 6.07) is 8.07. The highest BCUT2D eigenvalue weighted by Crippen LogP contribution is 2.10. The van der Waals surface area contributed by atoms with Crippen molar-refractivity contribution in [2.75, 3.05) is 0 Å². The van der Waals surface area contributed by atoms with Crippen molar-refractivity contribution in [3.05, 3.63) is 47.2 Å². The molecule has 0 heterocycles. The lowest BCUT2D eigenvalue weighted by molar-refractivity contribution is -0.131. The first kappa shape index (κ1) is 12.3. The van der Waals surface area contributed by atoms with Crippen LogP contribution in [0.2, 0.25) is 0 Å². The van der Waals surface area contributed by atoms with Crippen LogP contribution in [0.4, 0.5) is 0 Å². The quantitative estimate of drug-likeness (QED) is 0.620. The van der Waals surface area contributed by atoms with E-state index in [4.69, 9.17) is 5.11 Å². The molecule has 0 unspecified atom stereocenters. The number of aliphatic carboxylic acids is 1. The van der Waals surface area contributed by atoms with Crippen LogP contribution in [0, 0.1) is 5.92 Å². The minimum atomic E-state index is -0.979. The van der Waals surface area contributed by atoms with Gasteiger partial charge in [0.2, 0.25) is 0 Å². The van der Waals surface area contributed by atoms with Gasteiger partial charge in [0, 0.05) is 0 Å². The average molecular weight is 216 g/mol. The molecule has 0 aliphatic carbocycles. The Kier molecular flexibility index (Phi) is 4.56. The van der Waals surface area contributed by atoms with Crippen molar-refractivity contribution in [2.24, 2.45) is 5.92 Å². The lowest BCUT2D eigenvalue weighted by Crippen LogP contribution is -1.93. The molecule has 84 valence electrons. The molecule has 0 atom stereocenters. The van der Waals surface area contributed by atoms with Crippen molar-refractivity contribution < 1.29 is 9.90 Å². The average Bonchev–Trinajstić information content (AvgIpc) is 2.19. The summed E-state index contributed by atoms with van der Waals surface area (Å²) in [5.74, 6) is -0.332. The van der Waals surface area contributed by atoms with Crippen molar-refractivity contribution in [1.82, 2.24) is 0 Å². The van der Waals surface area contributed by atoms with Gasteiger partial charge in [0.05, 0.1) is 6.08 Å². The van der Waals surface area contributed by atoms with Gasteiger partial charge in [-0.2, -0.15) is 0 Å². The lowest BCUT2D eigenvalue weighted by Gasteiger charge is -2.04. The van der Waals surface area contributed by atoms with Gasteiger partial charge in [-0.05, 0) is 29.5 Å². The van der Waals surface area contributed by atoms with Crippen molar-refractivity contribution in [3.8, 4) is 0 Å². The summed E-state index contributed by atoms with van der Waals surface area (Å²) in [6.45, 7) is 4.37. The summed E-state index contributed by atoms with van der Waals surface area (Å²) in [7, 11) is 0. The Hall–Kier alpha value is -1.79. The first-order valence-corrected chi connectivity index (χ1v) is 5.32. The van der Waals surface area contributed by atoms with Crippen LogP contribution in [-0.4, -0.2) is 11.1 Å². The molecule has 1 rings (SSSR count). The number of carboxylic acid groups (broad SMARTS) is 1. The number of carbonyl (C=O) groups is 1. The zero-order valence-corrected chi connectivity index (χ0v) is 9.60. The van der Waals surface area contributed by atoms with Crippen molar-refractivity contribution in [2.45, 2.75) is 20.3 Å². The highest BCUT2D eigenvalue weighted by molar-refractivity contribution is 5.80. The maximum atomic E-state index is 10.2. The van der Waals surface area contributed by atoms with Gasteiger partial charge in [0.25, 0.3) is 0 Å². The van der Waals surface area contributed by atoms with E-state index in [0.717, 1.165) is 18.1 Å². The molecule has 0 aliphatic heterocycles. The minimum Gasteiger partial charge on any atom is -0.478 e. The van der Waals surface area contributed by atoms with Crippen LogP contribution in [0.5, 0.6) is 0 Å². The molecule has 1 aromatic rings. The van der Waals surface area contributed by atoms with Crippen LogP contribution in [0.1, 0.15) is 25.0 Å². The van der Waals surface area contributed by atoms with Crippen molar-refractivity contribution in [3.63, 3.8) is 0 Å². The molecule has 0 amide bonds. The Morgan fingerprint density at radius 1 is 1.38 bits per heavy atom. The van der Waals surface area contributed by atoms with E-state index in [1.807, 2.05) is 12.1 Å². The fourth-order valence-corrected chi connectivity index (χ4v) is 1.43. The Balaban J connectivity index is 2.72. The van der Waals surface area contributed by atoms with Crippen LogP contribution in [-0.2, 0) is 11.2 Å². The van der Waals surface area contributed by atoms with Crippen LogP contribution in [0.25, 0.3) is 6.08 Å². The van der Waals surface area contributed by atoms with E-state index < -0.39 is 5.97 Å². The second kappa shape index (κ2) is 5.94. The SMILES string of the molecule is CC(C)Cc1ccc(C=C=CC(=O)O)cc1. The van der Waals surface area contributed by atoms with Crippen molar-refractivity contribution in [1.29, 1.82) is 0 Å². The summed E-state index contributed by atoms with van der Waals surface area (Å²) >= 11 is 0. The molecule has 2 nitrogen and oxygen atoms in total. The molecule has 0 saturated carbocycles. The number of benzene rings is 1. The summed E-state index contributed by atoms with van der Waals surface area (Å²) < 4.78 is 0. The highest BCUT2D eigenvalue weighted by atomic mass is 16.4. The van der Waals surface area contributed by atoms with E-state index in [1.54, 1.807) is 6.08 Å². The largest absolute Gasteiger partial charge is 0.478 e. The summed E-state index contributed by atoms with van der Waals surface area (Å²) in [4.78, 5) is 10.2. The molecule has 1 N–H and O–H groups in total. The van der Waals surface area contributed by atoms with E-state index in [2.05, 4.69) is 31.7 Å². The third-order valence-electron chi connectivity index (χ3n) is 2.08. The number of rotatable bonds is 4. The van der Waals surface area contributed by atoms with Crippen LogP contribution < -0.4 is 0 Å². The van der Waals surface area contributed by atoms with E-state index in [0.29, 0.717) is 5.92 Å². The smallest absolute Gasteiger partial charge is 0.336 e. The van der Waals surface area contributed by atoms with Crippen LogP contribution in [0.15, 0.2) is 36.1 Å². The molecular formula is C14H16O2. The fraction of sp³-hybridized carbons (Fsp3) is 0.286. The first-order chi connectivity index (χ1) is 7.58. The molecule has 0 fully saturated rings. The lowest BCUT2D eigenvalue weighted by atomic mass is 10.0. The maximum absolute atomic E-state index is 10.2. The van der Waals surface area contributed by atoms with Gasteiger partial charge < -0.3 is 5.11 Å². The third-order valence-corrected chi connectivity index (χ3v) is 2.08. The molecule has 0 radical (unpaired) electrons. The van der Waals surface area contributed by atoms with Gasteiger partial charge in [0.1, 0.15) is 0 Å².